The van der Waals surface area contributed by atoms with Gasteiger partial charge in [-0.15, -0.1) is 0 Å². The molecule has 39 heavy (non-hydrogen) atoms. The summed E-state index contributed by atoms with van der Waals surface area (Å²) in [6.07, 6.45) is 0.186. The quantitative estimate of drug-likeness (QED) is 0.270. The second-order valence-electron chi connectivity index (χ2n) is 9.97. The van der Waals surface area contributed by atoms with Crippen molar-refractivity contribution in [2.45, 2.75) is 62.0 Å². The average molecular weight is 575 g/mol. The topological polar surface area (TPSA) is 171 Å². The van der Waals surface area contributed by atoms with Crippen LogP contribution in [0.25, 0.3) is 0 Å². The van der Waals surface area contributed by atoms with Crippen molar-refractivity contribution in [1.82, 2.24) is 16.0 Å². The van der Waals surface area contributed by atoms with Crippen LogP contribution in [0.2, 0.25) is 0 Å². The number of amides is 3. The molecule has 1 fully saturated rings. The number of rotatable bonds is 7. The van der Waals surface area contributed by atoms with Crippen molar-refractivity contribution in [3.8, 4) is 5.75 Å². The Labute approximate surface area is 235 Å². The number of carbonyl (C=O) groups excluding carboxylic acids is 3. The third-order valence-electron chi connectivity index (χ3n) is 6.50. The number of carboxylic acid groups (broad SMARTS) is 1. The van der Waals surface area contributed by atoms with Crippen LogP contribution in [0.1, 0.15) is 37.8 Å². The van der Waals surface area contributed by atoms with Gasteiger partial charge in [0.1, 0.15) is 23.9 Å². The molecule has 0 aliphatic carbocycles. The van der Waals surface area contributed by atoms with E-state index in [-0.39, 0.29) is 17.9 Å². The summed E-state index contributed by atoms with van der Waals surface area (Å²) in [7, 11) is 2.44. The number of benzene rings is 2. The third kappa shape index (κ3) is 8.13. The number of carboxylic acids is 1. The Morgan fingerprint density at radius 3 is 2.33 bits per heavy atom. The molecule has 3 rings (SSSR count). The Morgan fingerprint density at radius 1 is 1.08 bits per heavy atom. The van der Waals surface area contributed by atoms with E-state index in [1.165, 1.54) is 33.7 Å². The molecule has 5 atom stereocenters. The van der Waals surface area contributed by atoms with Gasteiger partial charge in [0.25, 0.3) is 0 Å². The maximum atomic E-state index is 13.5. The summed E-state index contributed by atoms with van der Waals surface area (Å²) < 4.78 is -0.941. The van der Waals surface area contributed by atoms with Crippen LogP contribution in [0.5, 0.6) is 5.75 Å². The molecule has 0 unspecified atom stereocenters. The zero-order valence-electron chi connectivity index (χ0n) is 21.9. The van der Waals surface area contributed by atoms with Crippen LogP contribution < -0.4 is 21.7 Å². The molecule has 12 heteroatoms. The van der Waals surface area contributed by atoms with Crippen LogP contribution in [0, 0.1) is 0 Å². The molecule has 3 amide bonds. The number of aliphatic carboxylic acids is 1. The minimum atomic E-state index is -1.23. The lowest BCUT2D eigenvalue weighted by Gasteiger charge is -2.32. The van der Waals surface area contributed by atoms with Crippen LogP contribution in [0.4, 0.5) is 0 Å². The maximum Gasteiger partial charge on any atom is 0.327 e. The number of phenolic OH excluding ortho intramolecular Hbond substituents is 1. The first-order valence-electron chi connectivity index (χ1n) is 12.4. The fourth-order valence-corrected chi connectivity index (χ4v) is 6.94. The Kier molecular flexibility index (Phi) is 10.3. The predicted molar refractivity (Wildman–Crippen MR) is 152 cm³/mol. The number of phenols is 1. The first-order chi connectivity index (χ1) is 18.4. The van der Waals surface area contributed by atoms with E-state index in [2.05, 4.69) is 16.0 Å². The molecular formula is C27H34N4O6S2. The lowest BCUT2D eigenvalue weighted by atomic mass is 9.91. The SMILES string of the molecule is C[C@@H](c1ccccc1)[C@H]1NC(=O)[C@@H](NC(=O)[C@@H](N)Cc2ccc(O)cc2)CSSC(C)(C)[C@@H](C(=O)O)NC1=O. The van der Waals surface area contributed by atoms with Crippen LogP contribution in [0.15, 0.2) is 54.6 Å². The van der Waals surface area contributed by atoms with Crippen molar-refractivity contribution in [3.63, 3.8) is 0 Å². The average Bonchev–Trinajstić information content (AvgIpc) is 2.91. The largest absolute Gasteiger partial charge is 0.508 e. The van der Waals surface area contributed by atoms with E-state index in [1.54, 1.807) is 32.9 Å². The lowest BCUT2D eigenvalue weighted by Crippen LogP contribution is -2.60. The van der Waals surface area contributed by atoms with Gasteiger partial charge in [0.2, 0.25) is 17.7 Å². The van der Waals surface area contributed by atoms with Gasteiger partial charge in [0, 0.05) is 11.7 Å². The van der Waals surface area contributed by atoms with Crippen molar-refractivity contribution in [1.29, 1.82) is 0 Å². The van der Waals surface area contributed by atoms with E-state index >= 15 is 0 Å². The van der Waals surface area contributed by atoms with Crippen molar-refractivity contribution in [2.24, 2.45) is 5.73 Å². The van der Waals surface area contributed by atoms with E-state index in [1.807, 2.05) is 30.3 Å². The van der Waals surface area contributed by atoms with E-state index in [0.29, 0.717) is 0 Å². The Balaban J connectivity index is 1.86. The third-order valence-corrected chi connectivity index (χ3v) is 9.81. The summed E-state index contributed by atoms with van der Waals surface area (Å²) in [5, 5.41) is 27.4. The van der Waals surface area contributed by atoms with Gasteiger partial charge in [-0.1, -0.05) is 71.0 Å². The molecule has 0 spiro atoms. The van der Waals surface area contributed by atoms with Gasteiger partial charge >= 0.3 is 5.97 Å². The van der Waals surface area contributed by atoms with Gasteiger partial charge in [0.15, 0.2) is 0 Å². The molecule has 1 heterocycles. The molecule has 2 aromatic carbocycles. The summed E-state index contributed by atoms with van der Waals surface area (Å²) in [5.74, 6) is -3.25. The molecule has 0 aromatic heterocycles. The highest BCUT2D eigenvalue weighted by molar-refractivity contribution is 8.77. The molecule has 7 N–H and O–H groups in total. The molecule has 210 valence electrons. The molecule has 0 radical (unpaired) electrons. The highest BCUT2D eigenvalue weighted by Gasteiger charge is 2.41. The number of hydrogen-bond acceptors (Lipinski definition) is 8. The van der Waals surface area contributed by atoms with E-state index in [4.69, 9.17) is 5.73 Å². The summed E-state index contributed by atoms with van der Waals surface area (Å²) >= 11 is 0. The lowest BCUT2D eigenvalue weighted by molar-refractivity contribution is -0.143. The fraction of sp³-hybridized carbons (Fsp3) is 0.407. The molecule has 1 aliphatic heterocycles. The number of nitrogens with one attached hydrogen (secondary N) is 3. The highest BCUT2D eigenvalue weighted by Crippen LogP contribution is 2.39. The van der Waals surface area contributed by atoms with Crippen LogP contribution in [-0.4, -0.2) is 68.6 Å². The minimum Gasteiger partial charge on any atom is -0.508 e. The molecule has 2 aromatic rings. The van der Waals surface area contributed by atoms with E-state index < -0.39 is 58.5 Å². The number of carbonyl (C=O) groups is 4. The van der Waals surface area contributed by atoms with Crippen molar-refractivity contribution >= 4 is 45.3 Å². The molecule has 1 aliphatic rings. The second kappa shape index (κ2) is 13.2. The normalized spacial score (nSPS) is 23.3. The van der Waals surface area contributed by atoms with Crippen molar-refractivity contribution in [3.05, 3.63) is 65.7 Å². The summed E-state index contributed by atoms with van der Waals surface area (Å²) in [5.41, 5.74) is 7.64. The molecule has 1 saturated heterocycles. The molecule has 0 bridgehead atoms. The number of aromatic hydroxyl groups is 1. The maximum absolute atomic E-state index is 13.5. The summed E-state index contributed by atoms with van der Waals surface area (Å²) in [4.78, 5) is 52.0. The van der Waals surface area contributed by atoms with Crippen molar-refractivity contribution < 1.29 is 29.4 Å². The van der Waals surface area contributed by atoms with Crippen LogP contribution >= 0.6 is 21.6 Å². The Bertz CT molecular complexity index is 1180. The minimum absolute atomic E-state index is 0.0942. The van der Waals surface area contributed by atoms with Crippen LogP contribution in [0.3, 0.4) is 0 Å². The predicted octanol–water partition coefficient (Wildman–Crippen LogP) is 1.78. The van der Waals surface area contributed by atoms with E-state index in [9.17, 15) is 29.4 Å². The first-order valence-corrected chi connectivity index (χ1v) is 14.7. The number of nitrogens with two attached hydrogens (primary N) is 1. The standard InChI is InChI=1S/C27H34N4O6S2/c1-15(17-7-5-4-6-8-17)21-25(35)31-22(26(36)37)27(2,3)39-38-14-20(24(34)30-21)29-23(33)19(28)13-16-9-11-18(32)12-10-16/h4-12,15,19-22,32H,13-14,28H2,1-3H3,(H,29,33)(H,30,34)(H,31,35)(H,36,37)/t15-,19-,20-,21+,22+/m0/s1. The highest BCUT2D eigenvalue weighted by atomic mass is 33.1. The van der Waals surface area contributed by atoms with Gasteiger partial charge in [-0.05, 0) is 43.5 Å². The van der Waals surface area contributed by atoms with Gasteiger partial charge in [-0.25, -0.2) is 4.79 Å². The number of hydrogen-bond donors (Lipinski definition) is 6. The summed E-state index contributed by atoms with van der Waals surface area (Å²) in [6, 6.07) is 11.1. The molecular weight excluding hydrogens is 540 g/mol. The first kappa shape index (κ1) is 30.3. The van der Waals surface area contributed by atoms with Gasteiger partial charge in [0.05, 0.1) is 10.8 Å². The zero-order valence-corrected chi connectivity index (χ0v) is 23.6. The Hall–Kier alpha value is -3.22. The van der Waals surface area contributed by atoms with E-state index in [0.717, 1.165) is 11.1 Å². The van der Waals surface area contributed by atoms with Crippen LogP contribution in [-0.2, 0) is 25.6 Å². The zero-order chi connectivity index (χ0) is 28.7. The van der Waals surface area contributed by atoms with Gasteiger partial charge in [-0.2, -0.15) is 0 Å². The van der Waals surface area contributed by atoms with Gasteiger partial charge < -0.3 is 31.9 Å². The second-order valence-corrected chi connectivity index (χ2v) is 13.0. The van der Waals surface area contributed by atoms with Crippen molar-refractivity contribution in [2.75, 3.05) is 5.75 Å². The summed E-state index contributed by atoms with van der Waals surface area (Å²) in [6.45, 7) is 5.17. The fourth-order valence-electron chi connectivity index (χ4n) is 4.13. The Morgan fingerprint density at radius 2 is 1.72 bits per heavy atom. The smallest absolute Gasteiger partial charge is 0.327 e. The molecule has 0 saturated carbocycles. The monoisotopic (exact) mass is 574 g/mol. The molecule has 10 nitrogen and oxygen atoms in total. The van der Waals surface area contributed by atoms with Gasteiger partial charge in [-0.3, -0.25) is 14.4 Å².